The molecule has 2 aromatic heterocycles. The van der Waals surface area contributed by atoms with E-state index in [4.69, 9.17) is 0 Å². The number of hydrogen-bond acceptors (Lipinski definition) is 4. The minimum absolute atomic E-state index is 0.0653. The third kappa shape index (κ3) is 4.66. The van der Waals surface area contributed by atoms with E-state index < -0.39 is 0 Å². The molecule has 2 amide bonds. The molecule has 0 bridgehead atoms. The lowest BCUT2D eigenvalue weighted by atomic mass is 9.92. The van der Waals surface area contributed by atoms with Gasteiger partial charge in [-0.1, -0.05) is 35.6 Å². The van der Waals surface area contributed by atoms with Crippen molar-refractivity contribution < 1.29 is 9.59 Å². The number of fused-ring (bicyclic) bond motifs is 1. The van der Waals surface area contributed by atoms with E-state index >= 15 is 0 Å². The highest BCUT2D eigenvalue weighted by atomic mass is 16.2. The van der Waals surface area contributed by atoms with E-state index in [1.807, 2.05) is 23.1 Å². The first-order valence-corrected chi connectivity index (χ1v) is 12.2. The first-order valence-electron chi connectivity index (χ1n) is 12.2. The van der Waals surface area contributed by atoms with Gasteiger partial charge in [0.15, 0.2) is 0 Å². The highest BCUT2D eigenvalue weighted by molar-refractivity contribution is 6.04. The summed E-state index contributed by atoms with van der Waals surface area (Å²) in [5, 5.41) is 8.76. The zero-order chi connectivity index (χ0) is 25.2. The van der Waals surface area contributed by atoms with Crippen molar-refractivity contribution >= 4 is 28.3 Å². The number of aryl methyl sites for hydroxylation is 2. The molecule has 0 unspecified atom stereocenters. The Hall–Kier alpha value is -4.20. The second-order valence-corrected chi connectivity index (χ2v) is 9.43. The number of rotatable bonds is 6. The molecular weight excluding hydrogens is 452 g/mol. The maximum atomic E-state index is 12.9. The van der Waals surface area contributed by atoms with Crippen LogP contribution in [0.2, 0.25) is 0 Å². The van der Waals surface area contributed by atoms with Crippen LogP contribution in [0.25, 0.3) is 27.6 Å². The van der Waals surface area contributed by atoms with E-state index in [0.717, 1.165) is 39.6 Å². The standard InChI is InChI=1S/C28H30N6O2/c1-19-7-4-5-9-22(19)23-15-21(16-25-24(23)17-26(30-25)28(36)32(2)3)20-8-6-12-33(18-20)27(35)10-13-34-14-11-29-31-34/h4-5,7-9,11,14-17,30H,6,10,12-13,18H2,1-3H3. The summed E-state index contributed by atoms with van der Waals surface area (Å²) in [6.45, 7) is 3.88. The molecule has 0 atom stereocenters. The Morgan fingerprint density at radius 1 is 1.11 bits per heavy atom. The molecule has 0 radical (unpaired) electrons. The third-order valence-corrected chi connectivity index (χ3v) is 6.71. The van der Waals surface area contributed by atoms with Gasteiger partial charge in [-0.05, 0) is 59.4 Å². The molecule has 2 aromatic carbocycles. The molecule has 36 heavy (non-hydrogen) atoms. The summed E-state index contributed by atoms with van der Waals surface area (Å²) in [5.41, 5.74) is 7.01. The van der Waals surface area contributed by atoms with Gasteiger partial charge in [0.1, 0.15) is 5.69 Å². The average molecular weight is 483 g/mol. The zero-order valence-corrected chi connectivity index (χ0v) is 20.9. The van der Waals surface area contributed by atoms with Crippen LogP contribution in [-0.4, -0.2) is 68.8 Å². The van der Waals surface area contributed by atoms with E-state index in [1.165, 1.54) is 5.56 Å². The maximum absolute atomic E-state index is 12.9. The topological polar surface area (TPSA) is 87.1 Å². The van der Waals surface area contributed by atoms with Crippen LogP contribution >= 0.6 is 0 Å². The molecule has 1 aliphatic heterocycles. The minimum atomic E-state index is -0.0653. The Balaban J connectivity index is 1.49. The molecule has 4 aromatic rings. The summed E-state index contributed by atoms with van der Waals surface area (Å²) in [6, 6.07) is 14.5. The number of hydrogen-bond donors (Lipinski definition) is 1. The smallest absolute Gasteiger partial charge is 0.269 e. The molecule has 184 valence electrons. The third-order valence-electron chi connectivity index (χ3n) is 6.71. The molecule has 0 spiro atoms. The number of carbonyl (C=O) groups is 2. The summed E-state index contributed by atoms with van der Waals surface area (Å²) < 4.78 is 1.68. The molecule has 8 nitrogen and oxygen atoms in total. The monoisotopic (exact) mass is 482 g/mol. The van der Waals surface area contributed by atoms with Crippen LogP contribution in [0.3, 0.4) is 0 Å². The van der Waals surface area contributed by atoms with Crippen molar-refractivity contribution in [1.29, 1.82) is 0 Å². The molecule has 5 rings (SSSR count). The average Bonchev–Trinajstić information content (AvgIpc) is 3.56. The fourth-order valence-corrected chi connectivity index (χ4v) is 4.76. The fourth-order valence-electron chi connectivity index (χ4n) is 4.76. The SMILES string of the molecule is Cc1ccccc1-c1cc(C2=CCCN(C(=O)CCn3ccnn3)C2)cc2[nH]c(C(=O)N(C)C)cc12. The summed E-state index contributed by atoms with van der Waals surface area (Å²) in [4.78, 5) is 32.5. The molecule has 0 aliphatic carbocycles. The van der Waals surface area contributed by atoms with Crippen molar-refractivity contribution in [2.75, 3.05) is 27.2 Å². The van der Waals surface area contributed by atoms with Crippen molar-refractivity contribution in [2.45, 2.75) is 26.3 Å². The predicted octanol–water partition coefficient (Wildman–Crippen LogP) is 4.14. The molecule has 0 saturated heterocycles. The molecule has 1 aliphatic rings. The van der Waals surface area contributed by atoms with E-state index in [-0.39, 0.29) is 11.8 Å². The number of nitrogens with one attached hydrogen (secondary N) is 1. The summed E-state index contributed by atoms with van der Waals surface area (Å²) in [5.74, 6) is 0.0413. The Morgan fingerprint density at radius 2 is 1.94 bits per heavy atom. The number of carbonyl (C=O) groups excluding carboxylic acids is 2. The normalized spacial score (nSPS) is 13.6. The second kappa shape index (κ2) is 9.81. The highest BCUT2D eigenvalue weighted by Gasteiger charge is 2.22. The summed E-state index contributed by atoms with van der Waals surface area (Å²) in [7, 11) is 3.51. The molecule has 3 heterocycles. The molecular formula is C28H30N6O2. The number of aromatic nitrogens is 4. The first kappa shape index (κ1) is 23.5. The molecule has 0 fully saturated rings. The molecule has 1 N–H and O–H groups in total. The number of amides is 2. The van der Waals surface area contributed by atoms with Crippen molar-refractivity contribution in [3.63, 3.8) is 0 Å². The largest absolute Gasteiger partial charge is 0.350 e. The first-order chi connectivity index (χ1) is 17.4. The van der Waals surface area contributed by atoms with Gasteiger partial charge in [-0.25, -0.2) is 0 Å². The highest BCUT2D eigenvalue weighted by Crippen LogP contribution is 2.35. The Morgan fingerprint density at radius 3 is 2.69 bits per heavy atom. The van der Waals surface area contributed by atoms with Crippen molar-refractivity contribution in [1.82, 2.24) is 29.8 Å². The quantitative estimate of drug-likeness (QED) is 0.447. The van der Waals surface area contributed by atoms with Gasteiger partial charge in [0.05, 0.1) is 12.7 Å². The van der Waals surface area contributed by atoms with Gasteiger partial charge in [-0.15, -0.1) is 5.10 Å². The maximum Gasteiger partial charge on any atom is 0.269 e. The van der Waals surface area contributed by atoms with Crippen molar-refractivity contribution in [2.24, 2.45) is 0 Å². The lowest BCUT2D eigenvalue weighted by Gasteiger charge is -2.28. The predicted molar refractivity (Wildman–Crippen MR) is 140 cm³/mol. The van der Waals surface area contributed by atoms with Crippen molar-refractivity contribution in [3.05, 3.63) is 77.8 Å². The molecule has 0 saturated carbocycles. The van der Waals surface area contributed by atoms with Crippen LogP contribution < -0.4 is 0 Å². The lowest BCUT2D eigenvalue weighted by molar-refractivity contribution is -0.131. The van der Waals surface area contributed by atoms with Crippen LogP contribution in [-0.2, 0) is 11.3 Å². The van der Waals surface area contributed by atoms with Gasteiger partial charge < -0.3 is 14.8 Å². The molecule has 8 heteroatoms. The van der Waals surface area contributed by atoms with Crippen LogP contribution in [0.1, 0.15) is 34.5 Å². The van der Waals surface area contributed by atoms with Gasteiger partial charge in [0, 0.05) is 50.7 Å². The Kier molecular flexibility index (Phi) is 6.41. The van der Waals surface area contributed by atoms with Gasteiger partial charge in [0.25, 0.3) is 5.91 Å². The minimum Gasteiger partial charge on any atom is -0.350 e. The van der Waals surface area contributed by atoms with Gasteiger partial charge in [-0.3, -0.25) is 14.3 Å². The summed E-state index contributed by atoms with van der Waals surface area (Å²) in [6.07, 6.45) is 6.79. The number of benzene rings is 2. The number of H-pyrrole nitrogens is 1. The number of nitrogens with zero attached hydrogens (tertiary/aromatic N) is 5. The van der Waals surface area contributed by atoms with Crippen molar-refractivity contribution in [3.8, 4) is 11.1 Å². The van der Waals surface area contributed by atoms with E-state index in [0.29, 0.717) is 31.7 Å². The number of aromatic amines is 1. The van der Waals surface area contributed by atoms with E-state index in [1.54, 1.807) is 36.1 Å². The Labute approximate surface area is 210 Å². The van der Waals surface area contributed by atoms with Gasteiger partial charge in [0.2, 0.25) is 5.91 Å². The van der Waals surface area contributed by atoms with Gasteiger partial charge >= 0.3 is 0 Å². The van der Waals surface area contributed by atoms with Crippen LogP contribution in [0.4, 0.5) is 0 Å². The second-order valence-electron chi connectivity index (χ2n) is 9.43. The van der Waals surface area contributed by atoms with Crippen LogP contribution in [0.15, 0.2) is 60.9 Å². The van der Waals surface area contributed by atoms with Crippen LogP contribution in [0.5, 0.6) is 0 Å². The fraction of sp³-hybridized carbons (Fsp3) is 0.286. The van der Waals surface area contributed by atoms with E-state index in [2.05, 4.69) is 52.6 Å². The lowest BCUT2D eigenvalue weighted by Crippen LogP contribution is -2.35. The summed E-state index contributed by atoms with van der Waals surface area (Å²) >= 11 is 0. The van der Waals surface area contributed by atoms with E-state index in [9.17, 15) is 9.59 Å². The van der Waals surface area contributed by atoms with Crippen LogP contribution in [0, 0.1) is 6.92 Å². The zero-order valence-electron chi connectivity index (χ0n) is 20.9. The van der Waals surface area contributed by atoms with Gasteiger partial charge in [-0.2, -0.15) is 0 Å². The Bertz CT molecular complexity index is 1450.